The SMILES string of the molecule is CCn1c(COC(=O)c2cc(=O)[nH]c3ccccc23)nc2cc(S(=O)(=O)N(C)C)ccc21. The lowest BCUT2D eigenvalue weighted by Crippen LogP contribution is -2.22. The summed E-state index contributed by atoms with van der Waals surface area (Å²) in [6.45, 7) is 2.34. The number of hydrogen-bond donors (Lipinski definition) is 1. The van der Waals surface area contributed by atoms with Crippen molar-refractivity contribution in [1.29, 1.82) is 0 Å². The van der Waals surface area contributed by atoms with Gasteiger partial charge >= 0.3 is 5.97 Å². The Balaban J connectivity index is 1.66. The van der Waals surface area contributed by atoms with E-state index < -0.39 is 21.6 Å². The van der Waals surface area contributed by atoms with Crippen LogP contribution < -0.4 is 5.56 Å². The molecule has 0 fully saturated rings. The van der Waals surface area contributed by atoms with Crippen molar-refractivity contribution in [3.63, 3.8) is 0 Å². The van der Waals surface area contributed by atoms with Gasteiger partial charge in [-0.1, -0.05) is 18.2 Å². The van der Waals surface area contributed by atoms with E-state index in [1.807, 2.05) is 11.5 Å². The Morgan fingerprint density at radius 2 is 1.91 bits per heavy atom. The normalized spacial score (nSPS) is 12.0. The molecule has 0 bridgehead atoms. The summed E-state index contributed by atoms with van der Waals surface area (Å²) >= 11 is 0. The third-order valence-electron chi connectivity index (χ3n) is 5.20. The maximum atomic E-state index is 12.8. The lowest BCUT2D eigenvalue weighted by atomic mass is 10.1. The first kappa shape index (κ1) is 21.7. The summed E-state index contributed by atoms with van der Waals surface area (Å²) < 4.78 is 33.3. The average molecular weight is 455 g/mol. The Bertz CT molecular complexity index is 1500. The van der Waals surface area contributed by atoms with Crippen molar-refractivity contribution in [2.75, 3.05) is 14.1 Å². The Hall–Kier alpha value is -3.50. The van der Waals surface area contributed by atoms with Crippen molar-refractivity contribution in [3.8, 4) is 0 Å². The second-order valence-corrected chi connectivity index (χ2v) is 9.53. The van der Waals surface area contributed by atoms with Gasteiger partial charge in [0.2, 0.25) is 15.6 Å². The number of imidazole rings is 1. The minimum Gasteiger partial charge on any atom is -0.454 e. The molecule has 2 heterocycles. The molecule has 0 spiro atoms. The molecule has 9 nitrogen and oxygen atoms in total. The van der Waals surface area contributed by atoms with Gasteiger partial charge in [-0.3, -0.25) is 4.79 Å². The zero-order valence-electron chi connectivity index (χ0n) is 17.8. The van der Waals surface area contributed by atoms with Crippen LogP contribution in [0.25, 0.3) is 21.9 Å². The molecule has 2 aromatic heterocycles. The summed E-state index contributed by atoms with van der Waals surface area (Å²) in [6, 6.07) is 12.9. The molecule has 0 aliphatic rings. The summed E-state index contributed by atoms with van der Waals surface area (Å²) in [6.07, 6.45) is 0. The van der Waals surface area contributed by atoms with E-state index in [-0.39, 0.29) is 17.1 Å². The molecule has 0 saturated carbocycles. The molecule has 1 N–H and O–H groups in total. The van der Waals surface area contributed by atoms with Gasteiger partial charge in [-0.15, -0.1) is 0 Å². The van der Waals surface area contributed by atoms with Gasteiger partial charge in [-0.2, -0.15) is 0 Å². The number of fused-ring (bicyclic) bond motifs is 2. The topological polar surface area (TPSA) is 114 Å². The minimum atomic E-state index is -3.60. The van der Waals surface area contributed by atoms with Crippen LogP contribution in [-0.2, 0) is 27.9 Å². The number of pyridine rings is 1. The predicted molar refractivity (Wildman–Crippen MR) is 120 cm³/mol. The number of aromatic amines is 1. The molecular formula is C22H22N4O5S. The molecule has 32 heavy (non-hydrogen) atoms. The number of esters is 1. The fourth-order valence-electron chi connectivity index (χ4n) is 3.58. The molecule has 4 aromatic rings. The maximum absolute atomic E-state index is 12.8. The van der Waals surface area contributed by atoms with E-state index in [2.05, 4.69) is 9.97 Å². The number of carbonyl (C=O) groups is 1. The number of H-pyrrole nitrogens is 1. The Labute approximate surface area is 184 Å². The van der Waals surface area contributed by atoms with E-state index in [0.717, 1.165) is 9.82 Å². The summed E-state index contributed by atoms with van der Waals surface area (Å²) in [7, 11) is -0.668. The van der Waals surface area contributed by atoms with Crippen LogP contribution in [0.3, 0.4) is 0 Å². The van der Waals surface area contributed by atoms with Gasteiger partial charge in [0.05, 0.1) is 21.5 Å². The lowest BCUT2D eigenvalue weighted by Gasteiger charge is -2.11. The average Bonchev–Trinajstić information content (AvgIpc) is 3.13. The number of nitrogens with one attached hydrogen (secondary N) is 1. The first-order chi connectivity index (χ1) is 15.2. The molecule has 0 unspecified atom stereocenters. The fourth-order valence-corrected chi connectivity index (χ4v) is 4.50. The third-order valence-corrected chi connectivity index (χ3v) is 7.01. The van der Waals surface area contributed by atoms with E-state index in [4.69, 9.17) is 4.74 Å². The molecule has 4 rings (SSSR count). The van der Waals surface area contributed by atoms with E-state index in [9.17, 15) is 18.0 Å². The highest BCUT2D eigenvalue weighted by Gasteiger charge is 2.20. The summed E-state index contributed by atoms with van der Waals surface area (Å²) in [4.78, 5) is 32.0. The van der Waals surface area contributed by atoms with Crippen molar-refractivity contribution < 1.29 is 17.9 Å². The number of aryl methyl sites for hydroxylation is 1. The number of hydrogen-bond acceptors (Lipinski definition) is 6. The zero-order valence-corrected chi connectivity index (χ0v) is 18.6. The van der Waals surface area contributed by atoms with Gasteiger partial charge in [0.1, 0.15) is 12.4 Å². The first-order valence-electron chi connectivity index (χ1n) is 9.93. The summed E-state index contributed by atoms with van der Waals surface area (Å²) in [5.74, 6) is -0.165. The van der Waals surface area contributed by atoms with E-state index in [0.29, 0.717) is 28.8 Å². The lowest BCUT2D eigenvalue weighted by molar-refractivity contribution is 0.0461. The number of benzene rings is 2. The molecule has 0 atom stereocenters. The van der Waals surface area contributed by atoms with Gasteiger partial charge in [-0.05, 0) is 31.2 Å². The quantitative estimate of drug-likeness (QED) is 0.448. The van der Waals surface area contributed by atoms with Gasteiger partial charge in [0.25, 0.3) is 0 Å². The van der Waals surface area contributed by atoms with Crippen LogP contribution in [0, 0.1) is 0 Å². The minimum absolute atomic E-state index is 0.127. The van der Waals surface area contributed by atoms with E-state index in [1.54, 1.807) is 30.3 Å². The number of nitrogens with zero attached hydrogens (tertiary/aromatic N) is 3. The van der Waals surface area contributed by atoms with Crippen molar-refractivity contribution in [2.45, 2.75) is 25.0 Å². The van der Waals surface area contributed by atoms with Crippen LogP contribution in [0.15, 0.2) is 58.2 Å². The van der Waals surface area contributed by atoms with Crippen LogP contribution in [0.4, 0.5) is 0 Å². The molecule has 2 aromatic carbocycles. The standard InChI is InChI=1S/C22H22N4O5S/c1-4-26-19-10-9-14(32(29,30)25(2)3)11-18(19)23-20(26)13-31-22(28)16-12-21(27)24-17-8-6-5-7-15(16)17/h5-12H,4,13H2,1-3H3,(H,24,27). The maximum Gasteiger partial charge on any atom is 0.339 e. The molecule has 0 radical (unpaired) electrons. The highest BCUT2D eigenvalue weighted by molar-refractivity contribution is 7.89. The molecule has 0 aliphatic carbocycles. The van der Waals surface area contributed by atoms with Crippen molar-refractivity contribution >= 4 is 37.9 Å². The van der Waals surface area contributed by atoms with Crippen LogP contribution in [0.2, 0.25) is 0 Å². The molecule has 0 aliphatic heterocycles. The molecular weight excluding hydrogens is 432 g/mol. The van der Waals surface area contributed by atoms with E-state index in [1.165, 1.54) is 32.3 Å². The van der Waals surface area contributed by atoms with Crippen molar-refractivity contribution in [3.05, 3.63) is 70.3 Å². The Morgan fingerprint density at radius 3 is 2.62 bits per heavy atom. The predicted octanol–water partition coefficient (Wildman–Crippen LogP) is 2.51. The van der Waals surface area contributed by atoms with Crippen LogP contribution >= 0.6 is 0 Å². The fraction of sp³-hybridized carbons (Fsp3) is 0.227. The Kier molecular flexibility index (Phi) is 5.57. The smallest absolute Gasteiger partial charge is 0.339 e. The second kappa shape index (κ2) is 8.21. The molecule has 0 saturated heterocycles. The highest BCUT2D eigenvalue weighted by Crippen LogP contribution is 2.23. The van der Waals surface area contributed by atoms with Gasteiger partial charge in [-0.25, -0.2) is 22.5 Å². The van der Waals surface area contributed by atoms with E-state index >= 15 is 0 Å². The molecule has 166 valence electrons. The number of carbonyl (C=O) groups excluding carboxylic acids is 1. The van der Waals surface area contributed by atoms with Crippen LogP contribution in [0.1, 0.15) is 23.1 Å². The second-order valence-electron chi connectivity index (χ2n) is 7.38. The number of ether oxygens (including phenoxy) is 1. The van der Waals surface area contributed by atoms with Gasteiger partial charge in [0, 0.05) is 37.6 Å². The third kappa shape index (κ3) is 3.78. The monoisotopic (exact) mass is 454 g/mol. The zero-order chi connectivity index (χ0) is 23.0. The van der Waals surface area contributed by atoms with Crippen LogP contribution in [0.5, 0.6) is 0 Å². The summed E-state index contributed by atoms with van der Waals surface area (Å²) in [5.41, 5.74) is 1.54. The molecule has 0 amide bonds. The number of rotatable bonds is 6. The number of sulfonamides is 1. The summed E-state index contributed by atoms with van der Waals surface area (Å²) in [5, 5.41) is 0.583. The highest BCUT2D eigenvalue weighted by atomic mass is 32.2. The van der Waals surface area contributed by atoms with Crippen molar-refractivity contribution in [1.82, 2.24) is 18.8 Å². The van der Waals surface area contributed by atoms with Crippen molar-refractivity contribution in [2.24, 2.45) is 0 Å². The largest absolute Gasteiger partial charge is 0.454 e. The molecule has 10 heteroatoms. The number of para-hydroxylation sites is 1. The van der Waals surface area contributed by atoms with Gasteiger partial charge in [0.15, 0.2) is 0 Å². The Morgan fingerprint density at radius 1 is 1.16 bits per heavy atom. The van der Waals surface area contributed by atoms with Gasteiger partial charge < -0.3 is 14.3 Å². The first-order valence-corrected chi connectivity index (χ1v) is 11.4. The van der Waals surface area contributed by atoms with Crippen LogP contribution in [-0.4, -0.2) is 47.3 Å². The number of aromatic nitrogens is 3.